The second-order valence-corrected chi connectivity index (χ2v) is 6.93. The van der Waals surface area contributed by atoms with Crippen molar-refractivity contribution < 1.29 is 17.9 Å². The van der Waals surface area contributed by atoms with Crippen molar-refractivity contribution in [1.29, 1.82) is 0 Å². The molecule has 2 aromatic rings. The summed E-state index contributed by atoms with van der Waals surface area (Å²) in [5.41, 5.74) is 1.59. The van der Waals surface area contributed by atoms with Crippen LogP contribution in [0.25, 0.3) is 0 Å². The van der Waals surface area contributed by atoms with Crippen molar-refractivity contribution in [1.82, 2.24) is 19.8 Å². The van der Waals surface area contributed by atoms with Crippen LogP contribution in [0.15, 0.2) is 35.2 Å². The minimum Gasteiger partial charge on any atom is -0.484 e. The molecule has 1 amide bonds. The molecule has 0 spiro atoms. The first kappa shape index (κ1) is 18.0. The lowest BCUT2D eigenvalue weighted by Crippen LogP contribution is -2.25. The van der Waals surface area contributed by atoms with Gasteiger partial charge in [-0.3, -0.25) is 9.48 Å². The number of aryl methyl sites for hydroxylation is 2. The van der Waals surface area contributed by atoms with E-state index in [1.54, 1.807) is 11.7 Å². The predicted octanol–water partition coefficient (Wildman–Crippen LogP) is 0.332. The van der Waals surface area contributed by atoms with Crippen LogP contribution in [-0.4, -0.2) is 37.8 Å². The van der Waals surface area contributed by atoms with Gasteiger partial charge in [0.2, 0.25) is 10.0 Å². The van der Waals surface area contributed by atoms with Crippen LogP contribution in [0.3, 0.4) is 0 Å². The SMILES string of the molecule is CNC(=O)COc1ccc(S(=O)(=O)NCc2cc(C)nn2C)cc1. The van der Waals surface area contributed by atoms with E-state index in [1.807, 2.05) is 13.0 Å². The normalized spacial score (nSPS) is 11.3. The van der Waals surface area contributed by atoms with Crippen LogP contribution in [-0.2, 0) is 28.4 Å². The van der Waals surface area contributed by atoms with Gasteiger partial charge in [-0.15, -0.1) is 0 Å². The molecule has 0 fully saturated rings. The van der Waals surface area contributed by atoms with Crippen LogP contribution in [0.1, 0.15) is 11.4 Å². The maximum atomic E-state index is 12.3. The van der Waals surface area contributed by atoms with Gasteiger partial charge in [-0.2, -0.15) is 5.10 Å². The lowest BCUT2D eigenvalue weighted by molar-refractivity contribution is -0.122. The Bertz CT molecular complexity index is 812. The summed E-state index contributed by atoms with van der Waals surface area (Å²) in [4.78, 5) is 11.2. The van der Waals surface area contributed by atoms with Crippen LogP contribution < -0.4 is 14.8 Å². The number of sulfonamides is 1. The molecule has 130 valence electrons. The molecule has 1 aromatic heterocycles. The van der Waals surface area contributed by atoms with Gasteiger partial charge in [0.25, 0.3) is 5.91 Å². The summed E-state index contributed by atoms with van der Waals surface area (Å²) in [5.74, 6) is 0.152. The Labute approximate surface area is 140 Å². The third-order valence-electron chi connectivity index (χ3n) is 3.33. The topological polar surface area (TPSA) is 102 Å². The number of hydrogen-bond acceptors (Lipinski definition) is 5. The standard InChI is InChI=1S/C15H20N4O4S/c1-11-8-12(19(3)18-11)9-17-24(21,22)14-6-4-13(5-7-14)23-10-15(20)16-2/h4-8,17H,9-10H2,1-3H3,(H,16,20). The van der Waals surface area contributed by atoms with Gasteiger partial charge < -0.3 is 10.1 Å². The zero-order valence-corrected chi connectivity index (χ0v) is 14.6. The predicted molar refractivity (Wildman–Crippen MR) is 88.0 cm³/mol. The van der Waals surface area contributed by atoms with E-state index >= 15 is 0 Å². The molecule has 0 aliphatic heterocycles. The van der Waals surface area contributed by atoms with Gasteiger partial charge in [-0.1, -0.05) is 0 Å². The fraction of sp³-hybridized carbons (Fsp3) is 0.333. The van der Waals surface area contributed by atoms with E-state index in [0.29, 0.717) is 5.75 Å². The number of carbonyl (C=O) groups excluding carboxylic acids is 1. The number of likely N-dealkylation sites (N-methyl/N-ethyl adjacent to an activating group) is 1. The Hall–Kier alpha value is -2.39. The summed E-state index contributed by atoms with van der Waals surface area (Å²) in [7, 11) is -0.375. The molecule has 0 unspecified atom stereocenters. The van der Waals surface area contributed by atoms with Crippen LogP contribution in [0.4, 0.5) is 0 Å². The first-order chi connectivity index (χ1) is 11.3. The molecule has 0 radical (unpaired) electrons. The fourth-order valence-electron chi connectivity index (χ4n) is 2.02. The van der Waals surface area contributed by atoms with E-state index in [0.717, 1.165) is 11.4 Å². The van der Waals surface area contributed by atoms with Gasteiger partial charge in [0.15, 0.2) is 6.61 Å². The Morgan fingerprint density at radius 2 is 1.96 bits per heavy atom. The number of carbonyl (C=O) groups is 1. The molecule has 24 heavy (non-hydrogen) atoms. The highest BCUT2D eigenvalue weighted by molar-refractivity contribution is 7.89. The minimum atomic E-state index is -3.64. The quantitative estimate of drug-likeness (QED) is 0.748. The molecule has 2 rings (SSSR count). The van der Waals surface area contributed by atoms with Crippen molar-refractivity contribution in [2.24, 2.45) is 7.05 Å². The summed E-state index contributed by atoms with van der Waals surface area (Å²) in [6.45, 7) is 1.87. The number of amides is 1. The lowest BCUT2D eigenvalue weighted by Gasteiger charge is -2.09. The Balaban J connectivity index is 2.01. The highest BCUT2D eigenvalue weighted by Gasteiger charge is 2.15. The maximum absolute atomic E-state index is 12.3. The van der Waals surface area contributed by atoms with Crippen LogP contribution in [0, 0.1) is 6.92 Å². The van der Waals surface area contributed by atoms with E-state index in [-0.39, 0.29) is 24.0 Å². The first-order valence-corrected chi connectivity index (χ1v) is 8.73. The molecule has 1 aromatic carbocycles. The maximum Gasteiger partial charge on any atom is 0.257 e. The molecule has 0 saturated heterocycles. The first-order valence-electron chi connectivity index (χ1n) is 7.24. The molecule has 0 aliphatic carbocycles. The van der Waals surface area contributed by atoms with Gasteiger partial charge in [0.1, 0.15) is 5.75 Å². The summed E-state index contributed by atoms with van der Waals surface area (Å²) in [5, 5.41) is 6.60. The molecule has 0 bridgehead atoms. The number of rotatable bonds is 7. The van der Waals surface area contributed by atoms with Gasteiger partial charge in [0, 0.05) is 14.1 Å². The fourth-order valence-corrected chi connectivity index (χ4v) is 3.02. The smallest absolute Gasteiger partial charge is 0.257 e. The summed E-state index contributed by atoms with van der Waals surface area (Å²) < 4.78 is 34.0. The number of nitrogens with one attached hydrogen (secondary N) is 2. The van der Waals surface area contributed by atoms with Crippen molar-refractivity contribution in [2.75, 3.05) is 13.7 Å². The van der Waals surface area contributed by atoms with E-state index in [2.05, 4.69) is 15.1 Å². The molecule has 0 aliphatic rings. The second kappa shape index (κ2) is 7.45. The zero-order chi connectivity index (χ0) is 17.7. The van der Waals surface area contributed by atoms with E-state index in [9.17, 15) is 13.2 Å². The average molecular weight is 352 g/mol. The number of ether oxygens (including phenoxy) is 1. The Morgan fingerprint density at radius 3 is 2.50 bits per heavy atom. The summed E-state index contributed by atoms with van der Waals surface area (Å²) in [6.07, 6.45) is 0. The van der Waals surface area contributed by atoms with Crippen molar-refractivity contribution in [2.45, 2.75) is 18.4 Å². The lowest BCUT2D eigenvalue weighted by atomic mass is 10.3. The highest BCUT2D eigenvalue weighted by atomic mass is 32.2. The highest BCUT2D eigenvalue weighted by Crippen LogP contribution is 2.16. The molecular weight excluding hydrogens is 332 g/mol. The van der Waals surface area contributed by atoms with Gasteiger partial charge in [-0.05, 0) is 37.3 Å². The van der Waals surface area contributed by atoms with Gasteiger partial charge >= 0.3 is 0 Å². The third-order valence-corrected chi connectivity index (χ3v) is 4.74. The monoisotopic (exact) mass is 352 g/mol. The minimum absolute atomic E-state index is 0.119. The van der Waals surface area contributed by atoms with Gasteiger partial charge in [-0.25, -0.2) is 13.1 Å². The molecule has 0 saturated carbocycles. The number of hydrogen-bond donors (Lipinski definition) is 2. The molecule has 1 heterocycles. The number of aromatic nitrogens is 2. The van der Waals surface area contributed by atoms with Crippen LogP contribution in [0.5, 0.6) is 5.75 Å². The molecule has 9 heteroatoms. The second-order valence-electron chi connectivity index (χ2n) is 5.16. The zero-order valence-electron chi connectivity index (χ0n) is 13.7. The van der Waals surface area contributed by atoms with E-state index < -0.39 is 10.0 Å². The number of nitrogens with zero attached hydrogens (tertiary/aromatic N) is 2. The molecule has 2 N–H and O–H groups in total. The Morgan fingerprint density at radius 1 is 1.29 bits per heavy atom. The molecule has 0 atom stereocenters. The van der Waals surface area contributed by atoms with Gasteiger partial charge in [0.05, 0.1) is 22.8 Å². The largest absolute Gasteiger partial charge is 0.484 e. The average Bonchev–Trinajstić information content (AvgIpc) is 2.88. The van der Waals surface area contributed by atoms with Crippen LogP contribution in [0.2, 0.25) is 0 Å². The van der Waals surface area contributed by atoms with Crippen molar-refractivity contribution in [3.63, 3.8) is 0 Å². The summed E-state index contributed by atoms with van der Waals surface area (Å²) >= 11 is 0. The Kier molecular flexibility index (Phi) is 5.58. The van der Waals surface area contributed by atoms with Crippen molar-refractivity contribution in [3.05, 3.63) is 41.7 Å². The summed E-state index contributed by atoms with van der Waals surface area (Å²) in [6, 6.07) is 7.68. The van der Waals surface area contributed by atoms with E-state index in [4.69, 9.17) is 4.74 Å². The molecule has 8 nitrogen and oxygen atoms in total. The van der Waals surface area contributed by atoms with Crippen LogP contribution >= 0.6 is 0 Å². The van der Waals surface area contributed by atoms with Crippen molar-refractivity contribution in [3.8, 4) is 5.75 Å². The number of benzene rings is 1. The third kappa shape index (κ3) is 4.56. The molecular formula is C15H20N4O4S. The van der Waals surface area contributed by atoms with E-state index in [1.165, 1.54) is 31.3 Å². The van der Waals surface area contributed by atoms with Crippen molar-refractivity contribution >= 4 is 15.9 Å².